The van der Waals surface area contributed by atoms with Crippen LogP contribution in [0.25, 0.3) is 0 Å². The summed E-state index contributed by atoms with van der Waals surface area (Å²) in [6.07, 6.45) is 1.79. The molecule has 0 saturated carbocycles. The van der Waals surface area contributed by atoms with Gasteiger partial charge in [-0.3, -0.25) is 9.59 Å². The molecule has 1 atom stereocenters. The van der Waals surface area contributed by atoms with Gasteiger partial charge in [0.15, 0.2) is 5.76 Å². The van der Waals surface area contributed by atoms with Crippen LogP contribution in [0, 0.1) is 6.92 Å². The van der Waals surface area contributed by atoms with Crippen molar-refractivity contribution in [2.24, 2.45) is 0 Å². The van der Waals surface area contributed by atoms with E-state index in [1.54, 1.807) is 12.1 Å². The summed E-state index contributed by atoms with van der Waals surface area (Å²) in [5, 5.41) is 5.58. The second-order valence-electron chi connectivity index (χ2n) is 6.65. The lowest BCUT2D eigenvalue weighted by molar-refractivity contribution is -0.123. The van der Waals surface area contributed by atoms with E-state index in [4.69, 9.17) is 9.15 Å². The molecule has 0 unspecified atom stereocenters. The minimum Gasteiger partial charge on any atom is -0.492 e. The highest BCUT2D eigenvalue weighted by Crippen LogP contribution is 2.12. The highest BCUT2D eigenvalue weighted by Gasteiger charge is 2.22. The Balaban J connectivity index is 1.56. The van der Waals surface area contributed by atoms with Crippen molar-refractivity contribution in [3.05, 3.63) is 89.9 Å². The van der Waals surface area contributed by atoms with Crippen molar-refractivity contribution in [3.63, 3.8) is 0 Å². The second kappa shape index (κ2) is 10.1. The number of carbonyl (C=O) groups excluding carboxylic acids is 2. The zero-order valence-electron chi connectivity index (χ0n) is 16.3. The Kier molecular flexibility index (Phi) is 7.05. The third-order valence-electron chi connectivity index (χ3n) is 4.31. The Morgan fingerprint density at radius 3 is 2.59 bits per heavy atom. The van der Waals surface area contributed by atoms with Crippen LogP contribution in [-0.2, 0) is 11.2 Å². The van der Waals surface area contributed by atoms with E-state index in [-0.39, 0.29) is 11.7 Å². The molecular formula is C23H24N2O4. The van der Waals surface area contributed by atoms with Gasteiger partial charge in [-0.15, -0.1) is 0 Å². The Labute approximate surface area is 169 Å². The molecule has 0 fully saturated rings. The van der Waals surface area contributed by atoms with Gasteiger partial charge in [0.25, 0.3) is 5.91 Å². The van der Waals surface area contributed by atoms with Crippen LogP contribution in [-0.4, -0.2) is 31.0 Å². The molecule has 0 aliphatic heterocycles. The van der Waals surface area contributed by atoms with Crippen LogP contribution in [0.3, 0.4) is 0 Å². The largest absolute Gasteiger partial charge is 0.492 e. The summed E-state index contributed by atoms with van der Waals surface area (Å²) in [6.45, 7) is 2.65. The smallest absolute Gasteiger partial charge is 0.287 e. The maximum Gasteiger partial charge on any atom is 0.287 e. The number of amides is 2. The minimum atomic E-state index is -0.728. The van der Waals surface area contributed by atoms with Gasteiger partial charge in [0.2, 0.25) is 5.91 Å². The number of ether oxygens (including phenoxy) is 1. The van der Waals surface area contributed by atoms with Crippen LogP contribution in [0.1, 0.15) is 21.7 Å². The average molecular weight is 392 g/mol. The fraction of sp³-hybridized carbons (Fsp3) is 0.217. The van der Waals surface area contributed by atoms with E-state index in [1.807, 2.05) is 61.5 Å². The molecule has 150 valence electrons. The number of benzene rings is 2. The zero-order valence-corrected chi connectivity index (χ0v) is 16.3. The zero-order chi connectivity index (χ0) is 20.5. The van der Waals surface area contributed by atoms with E-state index in [0.29, 0.717) is 19.6 Å². The van der Waals surface area contributed by atoms with Gasteiger partial charge < -0.3 is 19.8 Å². The van der Waals surface area contributed by atoms with Crippen LogP contribution in [0.4, 0.5) is 0 Å². The number of hydrogen-bond donors (Lipinski definition) is 2. The molecule has 29 heavy (non-hydrogen) atoms. The predicted octanol–water partition coefficient (Wildman–Crippen LogP) is 3.12. The first-order valence-corrected chi connectivity index (χ1v) is 9.47. The minimum absolute atomic E-state index is 0.165. The number of hydrogen-bond acceptors (Lipinski definition) is 4. The topological polar surface area (TPSA) is 80.6 Å². The lowest BCUT2D eigenvalue weighted by Crippen LogP contribution is -2.48. The van der Waals surface area contributed by atoms with E-state index < -0.39 is 11.9 Å². The van der Waals surface area contributed by atoms with Crippen molar-refractivity contribution < 1.29 is 18.7 Å². The van der Waals surface area contributed by atoms with Gasteiger partial charge in [0.05, 0.1) is 12.8 Å². The van der Waals surface area contributed by atoms with Crippen molar-refractivity contribution >= 4 is 11.8 Å². The molecule has 0 radical (unpaired) electrons. The number of aryl methyl sites for hydroxylation is 1. The summed E-state index contributed by atoms with van der Waals surface area (Å²) in [6, 6.07) is 19.7. The van der Waals surface area contributed by atoms with Gasteiger partial charge in [0, 0.05) is 6.42 Å². The molecule has 0 aliphatic rings. The molecule has 3 rings (SSSR count). The highest BCUT2D eigenvalue weighted by molar-refractivity contribution is 5.95. The van der Waals surface area contributed by atoms with Gasteiger partial charge in [-0.25, -0.2) is 0 Å². The fourth-order valence-electron chi connectivity index (χ4n) is 2.87. The van der Waals surface area contributed by atoms with Crippen molar-refractivity contribution in [2.75, 3.05) is 13.2 Å². The highest BCUT2D eigenvalue weighted by atomic mass is 16.5. The quantitative estimate of drug-likeness (QED) is 0.548. The SMILES string of the molecule is Cc1cccc(OCCNC(=O)[C@H](Cc2ccccc2)NC(=O)c2ccco2)c1. The van der Waals surface area contributed by atoms with Gasteiger partial charge in [0.1, 0.15) is 18.4 Å². The molecule has 0 aliphatic carbocycles. The summed E-state index contributed by atoms with van der Waals surface area (Å²) >= 11 is 0. The van der Waals surface area contributed by atoms with Crippen LogP contribution in [0.15, 0.2) is 77.4 Å². The first kappa shape index (κ1) is 20.2. The van der Waals surface area contributed by atoms with Crippen molar-refractivity contribution in [1.29, 1.82) is 0 Å². The Morgan fingerprint density at radius 1 is 1.03 bits per heavy atom. The summed E-state index contributed by atoms with van der Waals surface area (Å²) < 4.78 is 10.8. The van der Waals surface area contributed by atoms with Gasteiger partial charge in [-0.2, -0.15) is 0 Å². The number of carbonyl (C=O) groups is 2. The Hall–Kier alpha value is -3.54. The third kappa shape index (κ3) is 6.24. The number of nitrogens with one attached hydrogen (secondary N) is 2. The maximum absolute atomic E-state index is 12.7. The molecule has 3 aromatic rings. The lowest BCUT2D eigenvalue weighted by atomic mass is 10.1. The summed E-state index contributed by atoms with van der Waals surface area (Å²) in [7, 11) is 0. The molecule has 2 N–H and O–H groups in total. The average Bonchev–Trinajstić information content (AvgIpc) is 3.26. The third-order valence-corrected chi connectivity index (χ3v) is 4.31. The summed E-state index contributed by atoms with van der Waals surface area (Å²) in [4.78, 5) is 25.1. The predicted molar refractivity (Wildman–Crippen MR) is 110 cm³/mol. The van der Waals surface area contributed by atoms with Crippen LogP contribution in [0.5, 0.6) is 5.75 Å². The van der Waals surface area contributed by atoms with Gasteiger partial charge >= 0.3 is 0 Å². The fourth-order valence-corrected chi connectivity index (χ4v) is 2.87. The Bertz CT molecular complexity index is 923. The second-order valence-corrected chi connectivity index (χ2v) is 6.65. The lowest BCUT2D eigenvalue weighted by Gasteiger charge is -2.18. The normalized spacial score (nSPS) is 11.5. The Morgan fingerprint density at radius 2 is 1.86 bits per heavy atom. The van der Waals surface area contributed by atoms with Crippen molar-refractivity contribution in [1.82, 2.24) is 10.6 Å². The monoisotopic (exact) mass is 392 g/mol. The molecule has 2 aromatic carbocycles. The first-order valence-electron chi connectivity index (χ1n) is 9.47. The van der Waals surface area contributed by atoms with E-state index in [1.165, 1.54) is 6.26 Å². The van der Waals surface area contributed by atoms with Crippen molar-refractivity contribution in [2.45, 2.75) is 19.4 Å². The van der Waals surface area contributed by atoms with Gasteiger partial charge in [-0.05, 0) is 42.3 Å². The molecule has 0 spiro atoms. The van der Waals surface area contributed by atoms with E-state index in [9.17, 15) is 9.59 Å². The van der Waals surface area contributed by atoms with Crippen LogP contribution in [0.2, 0.25) is 0 Å². The standard InChI is InChI=1S/C23H24N2O4/c1-17-7-5-10-19(15-17)28-14-12-24-22(26)20(16-18-8-3-2-4-9-18)25-23(27)21-11-6-13-29-21/h2-11,13,15,20H,12,14,16H2,1H3,(H,24,26)(H,25,27)/t20-/m0/s1. The van der Waals surface area contributed by atoms with Crippen molar-refractivity contribution in [3.8, 4) is 5.75 Å². The molecule has 0 bridgehead atoms. The van der Waals surface area contributed by atoms with E-state index in [0.717, 1.165) is 16.9 Å². The molecule has 6 heteroatoms. The molecular weight excluding hydrogens is 368 g/mol. The summed E-state index contributed by atoms with van der Waals surface area (Å²) in [5.74, 6) is 0.216. The molecule has 6 nitrogen and oxygen atoms in total. The van der Waals surface area contributed by atoms with E-state index in [2.05, 4.69) is 10.6 Å². The number of rotatable bonds is 9. The van der Waals surface area contributed by atoms with Crippen LogP contribution < -0.4 is 15.4 Å². The van der Waals surface area contributed by atoms with E-state index >= 15 is 0 Å². The maximum atomic E-state index is 12.7. The molecule has 2 amide bonds. The summed E-state index contributed by atoms with van der Waals surface area (Å²) in [5.41, 5.74) is 2.05. The van der Waals surface area contributed by atoms with Crippen LogP contribution >= 0.6 is 0 Å². The molecule has 1 aromatic heterocycles. The number of furan rings is 1. The molecule has 1 heterocycles. The molecule has 0 saturated heterocycles. The van der Waals surface area contributed by atoms with Gasteiger partial charge in [-0.1, -0.05) is 42.5 Å². The first-order chi connectivity index (χ1) is 14.1.